The van der Waals surface area contributed by atoms with Crippen LogP contribution < -0.4 is 4.74 Å². The van der Waals surface area contributed by atoms with Gasteiger partial charge in [0, 0.05) is 17.7 Å². The first-order chi connectivity index (χ1) is 8.58. The average molecular weight is 303 g/mol. The summed E-state index contributed by atoms with van der Waals surface area (Å²) in [7, 11) is 1.65. The van der Waals surface area contributed by atoms with Gasteiger partial charge in [0.2, 0.25) is 0 Å². The lowest BCUT2D eigenvalue weighted by Gasteiger charge is -1.97. The number of ether oxygens (including phenoxy) is 1. The number of imidazole rings is 1. The van der Waals surface area contributed by atoms with Crippen LogP contribution in [-0.2, 0) is 0 Å². The molecule has 3 nitrogen and oxygen atoms in total. The maximum absolute atomic E-state index is 6.00. The van der Waals surface area contributed by atoms with Gasteiger partial charge in [0.15, 0.2) is 5.16 Å². The molecule has 1 aromatic heterocycles. The van der Waals surface area contributed by atoms with Crippen molar-refractivity contribution in [2.75, 3.05) is 12.9 Å². The first-order valence-electron chi connectivity index (χ1n) is 5.63. The molecule has 1 heterocycles. The topological polar surface area (TPSA) is 37.9 Å². The molecule has 0 saturated heterocycles. The molecule has 96 valence electrons. The van der Waals surface area contributed by atoms with Gasteiger partial charge in [-0.2, -0.15) is 0 Å². The van der Waals surface area contributed by atoms with Crippen molar-refractivity contribution in [3.63, 3.8) is 0 Å². The van der Waals surface area contributed by atoms with Crippen LogP contribution in [0.3, 0.4) is 0 Å². The van der Waals surface area contributed by atoms with E-state index in [1.54, 1.807) is 18.9 Å². The Balaban J connectivity index is 1.73. The summed E-state index contributed by atoms with van der Waals surface area (Å²) in [6, 6.07) is 5.79. The summed E-state index contributed by atoms with van der Waals surface area (Å²) >= 11 is 13.6. The highest BCUT2D eigenvalue weighted by molar-refractivity contribution is 7.99. The van der Waals surface area contributed by atoms with E-state index < -0.39 is 4.33 Å². The first kappa shape index (κ1) is 12.5. The molecule has 2 aromatic rings. The molecule has 0 amide bonds. The molecule has 1 aromatic carbocycles. The molecule has 6 heteroatoms. The molecule has 0 spiro atoms. The number of alkyl halides is 2. The first-order valence-corrected chi connectivity index (χ1v) is 7.37. The fraction of sp³-hybridized carbons (Fsp3) is 0.417. The van der Waals surface area contributed by atoms with Crippen molar-refractivity contribution in [1.29, 1.82) is 0 Å². The Labute approximate surface area is 119 Å². The van der Waals surface area contributed by atoms with Crippen LogP contribution in [0.25, 0.3) is 11.0 Å². The maximum Gasteiger partial charge on any atom is 0.166 e. The second-order valence-corrected chi connectivity index (χ2v) is 6.95. The highest BCUT2D eigenvalue weighted by Crippen LogP contribution is 2.54. The number of aromatic amines is 1. The number of hydrogen-bond donors (Lipinski definition) is 1. The lowest BCUT2D eigenvalue weighted by molar-refractivity contribution is 0.415. The van der Waals surface area contributed by atoms with E-state index in [9.17, 15) is 0 Å². The van der Waals surface area contributed by atoms with Gasteiger partial charge in [0.1, 0.15) is 10.1 Å². The predicted octanol–water partition coefficient (Wildman–Crippen LogP) is 3.86. The van der Waals surface area contributed by atoms with E-state index in [1.165, 1.54) is 0 Å². The number of halogens is 2. The zero-order chi connectivity index (χ0) is 12.8. The summed E-state index contributed by atoms with van der Waals surface area (Å²) in [6.45, 7) is 0. The summed E-state index contributed by atoms with van der Waals surface area (Å²) < 4.78 is 4.67. The van der Waals surface area contributed by atoms with Crippen molar-refractivity contribution in [2.45, 2.75) is 15.9 Å². The van der Waals surface area contributed by atoms with Gasteiger partial charge in [-0.1, -0.05) is 11.8 Å². The van der Waals surface area contributed by atoms with Crippen LogP contribution in [0, 0.1) is 5.92 Å². The molecular weight excluding hydrogens is 291 g/mol. The Kier molecular flexibility index (Phi) is 3.12. The number of fused-ring (bicyclic) bond motifs is 1. The van der Waals surface area contributed by atoms with Gasteiger partial charge in [-0.3, -0.25) is 0 Å². The number of nitrogens with one attached hydrogen (secondary N) is 1. The molecule has 1 aliphatic carbocycles. The average Bonchev–Trinajstić information content (AvgIpc) is 2.79. The van der Waals surface area contributed by atoms with Gasteiger partial charge < -0.3 is 9.72 Å². The normalized spacial score (nSPS) is 21.2. The molecule has 0 bridgehead atoms. The molecule has 1 fully saturated rings. The number of thioether (sulfide) groups is 1. The van der Waals surface area contributed by atoms with Crippen LogP contribution in [0.15, 0.2) is 23.4 Å². The molecule has 0 aliphatic heterocycles. The van der Waals surface area contributed by atoms with E-state index in [-0.39, 0.29) is 0 Å². The minimum Gasteiger partial charge on any atom is -0.497 e. The van der Waals surface area contributed by atoms with Gasteiger partial charge in [0.25, 0.3) is 0 Å². The van der Waals surface area contributed by atoms with E-state index >= 15 is 0 Å². The molecule has 1 atom stereocenters. The summed E-state index contributed by atoms with van der Waals surface area (Å²) in [5.74, 6) is 2.09. The smallest absolute Gasteiger partial charge is 0.166 e. The molecule has 0 unspecified atom stereocenters. The van der Waals surface area contributed by atoms with E-state index in [1.807, 2.05) is 18.2 Å². The van der Waals surface area contributed by atoms with Crippen molar-refractivity contribution < 1.29 is 4.74 Å². The number of aromatic nitrogens is 2. The van der Waals surface area contributed by atoms with E-state index in [4.69, 9.17) is 27.9 Å². The van der Waals surface area contributed by atoms with Crippen molar-refractivity contribution >= 4 is 46.0 Å². The molecular formula is C12H12Cl2N2OS. The van der Waals surface area contributed by atoms with E-state index in [0.717, 1.165) is 34.1 Å². The second kappa shape index (κ2) is 4.51. The van der Waals surface area contributed by atoms with Crippen LogP contribution >= 0.6 is 35.0 Å². The Bertz CT molecular complexity index is 584. The Morgan fingerprint density at radius 3 is 3.00 bits per heavy atom. The SMILES string of the molecule is COc1ccc2nc(SC[C@H]3CC3(Cl)Cl)[nH]c2c1. The fourth-order valence-electron chi connectivity index (χ4n) is 1.79. The third-order valence-electron chi connectivity index (χ3n) is 3.04. The number of hydrogen-bond acceptors (Lipinski definition) is 3. The number of methoxy groups -OCH3 is 1. The van der Waals surface area contributed by atoms with Crippen molar-refractivity contribution in [1.82, 2.24) is 9.97 Å². The minimum atomic E-state index is -0.512. The summed E-state index contributed by atoms with van der Waals surface area (Å²) in [5.41, 5.74) is 1.92. The zero-order valence-corrected chi connectivity index (χ0v) is 12.1. The van der Waals surface area contributed by atoms with Crippen LogP contribution in [0.4, 0.5) is 0 Å². The summed E-state index contributed by atoms with van der Waals surface area (Å²) in [6.07, 6.45) is 0.872. The summed E-state index contributed by atoms with van der Waals surface area (Å²) in [5, 5.41) is 0.897. The fourth-order valence-corrected chi connectivity index (χ4v) is 3.61. The van der Waals surface area contributed by atoms with Gasteiger partial charge in [0.05, 0.1) is 18.1 Å². The molecule has 0 radical (unpaired) electrons. The molecule has 1 saturated carbocycles. The molecule has 3 rings (SSSR count). The maximum atomic E-state index is 6.00. The second-order valence-electron chi connectivity index (χ2n) is 4.40. The van der Waals surface area contributed by atoms with Crippen molar-refractivity contribution in [3.05, 3.63) is 18.2 Å². The zero-order valence-electron chi connectivity index (χ0n) is 9.74. The summed E-state index contributed by atoms with van der Waals surface area (Å²) in [4.78, 5) is 7.77. The predicted molar refractivity (Wildman–Crippen MR) is 75.9 cm³/mol. The molecule has 1 N–H and O–H groups in total. The minimum absolute atomic E-state index is 0.369. The number of rotatable bonds is 4. The third kappa shape index (κ3) is 2.42. The van der Waals surface area contributed by atoms with Crippen LogP contribution in [-0.4, -0.2) is 27.2 Å². The van der Waals surface area contributed by atoms with Gasteiger partial charge in [-0.05, 0) is 18.6 Å². The van der Waals surface area contributed by atoms with E-state index in [0.29, 0.717) is 5.92 Å². The lowest BCUT2D eigenvalue weighted by Crippen LogP contribution is -1.93. The Hall–Kier alpha value is -0.580. The van der Waals surface area contributed by atoms with Crippen molar-refractivity contribution in [2.24, 2.45) is 5.92 Å². The number of nitrogens with zero attached hydrogens (tertiary/aromatic N) is 1. The van der Waals surface area contributed by atoms with Crippen LogP contribution in [0.2, 0.25) is 0 Å². The highest BCUT2D eigenvalue weighted by atomic mass is 35.5. The van der Waals surface area contributed by atoms with Crippen LogP contribution in [0.5, 0.6) is 5.75 Å². The molecule has 18 heavy (non-hydrogen) atoms. The van der Waals surface area contributed by atoms with Crippen LogP contribution in [0.1, 0.15) is 6.42 Å². The van der Waals surface area contributed by atoms with Gasteiger partial charge in [-0.25, -0.2) is 4.98 Å². The highest BCUT2D eigenvalue weighted by Gasteiger charge is 2.51. The molecule has 1 aliphatic rings. The van der Waals surface area contributed by atoms with E-state index in [2.05, 4.69) is 9.97 Å². The monoisotopic (exact) mass is 302 g/mol. The standard InChI is InChI=1S/C12H12Cl2N2OS/c1-17-8-2-3-9-10(4-8)16-11(15-9)18-6-7-5-12(7,13)14/h2-4,7H,5-6H2,1H3,(H,15,16)/t7-/m1/s1. The number of benzene rings is 1. The van der Waals surface area contributed by atoms with Crippen molar-refractivity contribution in [3.8, 4) is 5.75 Å². The van der Waals surface area contributed by atoms with Gasteiger partial charge >= 0.3 is 0 Å². The Morgan fingerprint density at radius 1 is 1.56 bits per heavy atom. The number of H-pyrrole nitrogens is 1. The quantitative estimate of drug-likeness (QED) is 0.688. The third-order valence-corrected chi connectivity index (χ3v) is 5.01. The lowest BCUT2D eigenvalue weighted by atomic mass is 10.3. The largest absolute Gasteiger partial charge is 0.497 e. The Morgan fingerprint density at radius 2 is 2.33 bits per heavy atom. The van der Waals surface area contributed by atoms with Gasteiger partial charge in [-0.15, -0.1) is 23.2 Å².